The molecule has 14 heavy (non-hydrogen) atoms. The molecule has 0 amide bonds. The Kier molecular flexibility index (Phi) is 2.65. The standard InChI is InChI=1S/C13H21B/c1-13(2,14)9-12-10-7-5-3-4-6-8-11(10)12/h10-12H,5-9,14H2,1-2H3/t10-,11+,12-. The van der Waals surface area contributed by atoms with Gasteiger partial charge in [-0.1, -0.05) is 25.6 Å². The van der Waals surface area contributed by atoms with Crippen molar-refractivity contribution in [3.63, 3.8) is 0 Å². The molecule has 0 aromatic carbocycles. The van der Waals surface area contributed by atoms with Crippen molar-refractivity contribution in [2.45, 2.75) is 51.3 Å². The first-order valence-electron chi connectivity index (χ1n) is 6.04. The second kappa shape index (κ2) is 3.65. The average molecular weight is 188 g/mol. The summed E-state index contributed by atoms with van der Waals surface area (Å²) in [6, 6.07) is 0. The van der Waals surface area contributed by atoms with Crippen LogP contribution in [0, 0.1) is 29.6 Å². The van der Waals surface area contributed by atoms with E-state index in [0.29, 0.717) is 5.31 Å². The van der Waals surface area contributed by atoms with Crippen LogP contribution in [0.3, 0.4) is 0 Å². The van der Waals surface area contributed by atoms with Crippen LogP contribution in [-0.2, 0) is 0 Å². The topological polar surface area (TPSA) is 0 Å². The molecule has 1 saturated carbocycles. The summed E-state index contributed by atoms with van der Waals surface area (Å²) >= 11 is 0. The van der Waals surface area contributed by atoms with Gasteiger partial charge in [-0.3, -0.25) is 0 Å². The molecular formula is C13H21B. The van der Waals surface area contributed by atoms with E-state index >= 15 is 0 Å². The molecule has 2 aliphatic carbocycles. The quantitative estimate of drug-likeness (QED) is 0.461. The minimum absolute atomic E-state index is 0.520. The molecule has 1 fully saturated rings. The highest BCUT2D eigenvalue weighted by Crippen LogP contribution is 2.57. The Labute approximate surface area is 89.3 Å². The summed E-state index contributed by atoms with van der Waals surface area (Å²) in [6.07, 6.45) is 6.47. The van der Waals surface area contributed by atoms with Crippen molar-refractivity contribution in [2.75, 3.05) is 0 Å². The van der Waals surface area contributed by atoms with Gasteiger partial charge in [0.25, 0.3) is 0 Å². The Bertz CT molecular complexity index is 245. The molecule has 0 heterocycles. The third-order valence-corrected chi connectivity index (χ3v) is 3.69. The molecule has 0 saturated heterocycles. The molecule has 2 rings (SSSR count). The Hall–Kier alpha value is -0.375. The Morgan fingerprint density at radius 1 is 1.14 bits per heavy atom. The summed E-state index contributed by atoms with van der Waals surface area (Å²) < 4.78 is 0. The molecule has 2 aliphatic rings. The summed E-state index contributed by atoms with van der Waals surface area (Å²) in [6.45, 7) is 4.74. The van der Waals surface area contributed by atoms with Crippen LogP contribution in [0.2, 0.25) is 5.31 Å². The molecule has 0 N–H and O–H groups in total. The van der Waals surface area contributed by atoms with Gasteiger partial charge in [-0.05, 0) is 30.6 Å². The number of hydrogen-bond acceptors (Lipinski definition) is 0. The van der Waals surface area contributed by atoms with Crippen molar-refractivity contribution in [3.8, 4) is 11.8 Å². The maximum absolute atomic E-state index is 3.28. The number of rotatable bonds is 2. The lowest BCUT2D eigenvalue weighted by Gasteiger charge is -2.17. The minimum Gasteiger partial charge on any atom is -0.103 e. The van der Waals surface area contributed by atoms with Crippen LogP contribution in [0.5, 0.6) is 0 Å². The lowest BCUT2D eigenvalue weighted by Crippen LogP contribution is -2.04. The zero-order valence-electron chi connectivity index (χ0n) is 9.77. The van der Waals surface area contributed by atoms with E-state index in [1.807, 2.05) is 0 Å². The predicted octanol–water partition coefficient (Wildman–Crippen LogP) is 2.65. The maximum Gasteiger partial charge on any atom is 0.108 e. The molecule has 0 unspecified atom stereocenters. The molecule has 0 aliphatic heterocycles. The molecule has 0 aromatic rings. The van der Waals surface area contributed by atoms with Gasteiger partial charge in [-0.2, -0.15) is 0 Å². The fourth-order valence-corrected chi connectivity index (χ4v) is 3.04. The van der Waals surface area contributed by atoms with Gasteiger partial charge in [0.15, 0.2) is 0 Å². The Morgan fingerprint density at radius 3 is 2.07 bits per heavy atom. The van der Waals surface area contributed by atoms with E-state index in [9.17, 15) is 0 Å². The monoisotopic (exact) mass is 188 g/mol. The van der Waals surface area contributed by atoms with Gasteiger partial charge in [0.2, 0.25) is 0 Å². The second-order valence-electron chi connectivity index (χ2n) is 6.19. The van der Waals surface area contributed by atoms with Gasteiger partial charge in [0.05, 0.1) is 0 Å². The van der Waals surface area contributed by atoms with Crippen LogP contribution in [0.25, 0.3) is 0 Å². The smallest absolute Gasteiger partial charge is 0.103 e. The van der Waals surface area contributed by atoms with Crippen LogP contribution in [0.1, 0.15) is 46.0 Å². The molecule has 76 valence electrons. The lowest BCUT2D eigenvalue weighted by molar-refractivity contribution is 0.512. The van der Waals surface area contributed by atoms with Crippen LogP contribution < -0.4 is 0 Å². The first kappa shape index (κ1) is 10.2. The molecule has 1 heteroatoms. The Balaban J connectivity index is 1.88. The first-order chi connectivity index (χ1) is 6.58. The van der Waals surface area contributed by atoms with E-state index in [-0.39, 0.29) is 0 Å². The van der Waals surface area contributed by atoms with Gasteiger partial charge in [-0.15, -0.1) is 11.8 Å². The second-order valence-corrected chi connectivity index (χ2v) is 6.19. The van der Waals surface area contributed by atoms with Crippen molar-refractivity contribution in [2.24, 2.45) is 17.8 Å². The molecule has 0 radical (unpaired) electrons. The van der Waals surface area contributed by atoms with E-state index < -0.39 is 0 Å². The van der Waals surface area contributed by atoms with Gasteiger partial charge in [0.1, 0.15) is 7.85 Å². The highest BCUT2D eigenvalue weighted by atomic mass is 14.5. The van der Waals surface area contributed by atoms with Crippen LogP contribution in [-0.4, -0.2) is 7.85 Å². The summed E-state index contributed by atoms with van der Waals surface area (Å²) in [4.78, 5) is 0. The summed E-state index contributed by atoms with van der Waals surface area (Å²) in [5.41, 5.74) is 0. The Morgan fingerprint density at radius 2 is 1.64 bits per heavy atom. The van der Waals surface area contributed by atoms with Crippen molar-refractivity contribution in [1.29, 1.82) is 0 Å². The van der Waals surface area contributed by atoms with Crippen molar-refractivity contribution < 1.29 is 0 Å². The van der Waals surface area contributed by atoms with Gasteiger partial charge in [0, 0.05) is 12.8 Å². The predicted molar refractivity (Wildman–Crippen MR) is 63.9 cm³/mol. The third-order valence-electron chi connectivity index (χ3n) is 3.69. The fourth-order valence-electron chi connectivity index (χ4n) is 3.04. The first-order valence-corrected chi connectivity index (χ1v) is 6.04. The SMILES string of the molecule is BC(C)(C)C[C@@H]1[C@@H]2CCC#CCC[C@@H]21. The van der Waals surface area contributed by atoms with E-state index in [0.717, 1.165) is 30.6 Å². The van der Waals surface area contributed by atoms with Crippen LogP contribution in [0.4, 0.5) is 0 Å². The zero-order chi connectivity index (χ0) is 10.2. The largest absolute Gasteiger partial charge is 0.108 e. The lowest BCUT2D eigenvalue weighted by atomic mass is 9.68. The van der Waals surface area contributed by atoms with Crippen LogP contribution >= 0.6 is 0 Å². The van der Waals surface area contributed by atoms with E-state index in [2.05, 4.69) is 33.5 Å². The number of fused-ring (bicyclic) bond motifs is 1. The highest BCUT2D eigenvalue weighted by Gasteiger charge is 2.49. The molecule has 0 spiro atoms. The van der Waals surface area contributed by atoms with Crippen LogP contribution in [0.15, 0.2) is 0 Å². The van der Waals surface area contributed by atoms with Gasteiger partial charge in [-0.25, -0.2) is 0 Å². The molecule has 3 atom stereocenters. The van der Waals surface area contributed by atoms with Crippen molar-refractivity contribution >= 4 is 7.85 Å². The molecule has 0 aromatic heterocycles. The zero-order valence-corrected chi connectivity index (χ0v) is 9.77. The maximum atomic E-state index is 3.28. The number of hydrogen-bond donors (Lipinski definition) is 0. The van der Waals surface area contributed by atoms with Crippen molar-refractivity contribution in [3.05, 3.63) is 0 Å². The van der Waals surface area contributed by atoms with E-state index in [4.69, 9.17) is 0 Å². The van der Waals surface area contributed by atoms with Gasteiger partial charge >= 0.3 is 0 Å². The van der Waals surface area contributed by atoms with Crippen molar-refractivity contribution in [1.82, 2.24) is 0 Å². The molecule has 0 nitrogen and oxygen atoms in total. The third kappa shape index (κ3) is 2.35. The highest BCUT2D eigenvalue weighted by molar-refractivity contribution is 6.14. The summed E-state index contributed by atoms with van der Waals surface area (Å²) in [7, 11) is 2.37. The summed E-state index contributed by atoms with van der Waals surface area (Å²) in [5.74, 6) is 9.64. The normalized spacial score (nSPS) is 36.0. The van der Waals surface area contributed by atoms with E-state index in [1.165, 1.54) is 19.3 Å². The van der Waals surface area contributed by atoms with E-state index in [1.54, 1.807) is 0 Å². The van der Waals surface area contributed by atoms with Gasteiger partial charge < -0.3 is 0 Å². The fraction of sp³-hybridized carbons (Fsp3) is 0.846. The molecular weight excluding hydrogens is 167 g/mol. The summed E-state index contributed by atoms with van der Waals surface area (Å²) in [5, 5.41) is 0.520. The minimum atomic E-state index is 0.520. The average Bonchev–Trinajstić information content (AvgIpc) is 2.55. The molecule has 0 bridgehead atoms.